The molecule has 2 amide bonds. The van der Waals surface area contributed by atoms with Crippen molar-refractivity contribution in [1.82, 2.24) is 20.4 Å². The molecule has 2 heterocycles. The lowest BCUT2D eigenvalue weighted by molar-refractivity contribution is -0.139. The molecule has 1 atom stereocenters. The van der Waals surface area contributed by atoms with Gasteiger partial charge in [-0.2, -0.15) is 4.98 Å². The lowest BCUT2D eigenvalue weighted by atomic mass is 9.87. The van der Waals surface area contributed by atoms with Gasteiger partial charge in [-0.1, -0.05) is 31.3 Å². The lowest BCUT2D eigenvalue weighted by Crippen LogP contribution is -2.47. The van der Waals surface area contributed by atoms with Gasteiger partial charge in [0.05, 0.1) is 12.5 Å². The van der Waals surface area contributed by atoms with E-state index < -0.39 is 0 Å². The van der Waals surface area contributed by atoms with Crippen molar-refractivity contribution in [2.75, 3.05) is 13.1 Å². The van der Waals surface area contributed by atoms with Gasteiger partial charge in [-0.05, 0) is 25.2 Å². The zero-order chi connectivity index (χ0) is 17.6. The van der Waals surface area contributed by atoms with Gasteiger partial charge in [-0.25, -0.2) is 0 Å². The fourth-order valence-corrected chi connectivity index (χ4v) is 3.80. The molecule has 7 heteroatoms. The molecular formula is C18H28N4O3. The Morgan fingerprint density at radius 1 is 1.28 bits per heavy atom. The Morgan fingerprint density at radius 3 is 2.80 bits per heavy atom. The van der Waals surface area contributed by atoms with E-state index in [-0.39, 0.29) is 24.3 Å². The van der Waals surface area contributed by atoms with Gasteiger partial charge in [0.2, 0.25) is 17.7 Å². The number of rotatable bonds is 6. The monoisotopic (exact) mass is 348 g/mol. The second-order valence-corrected chi connectivity index (χ2v) is 7.21. The van der Waals surface area contributed by atoms with Crippen molar-refractivity contribution in [2.24, 2.45) is 11.8 Å². The molecule has 0 radical (unpaired) electrons. The predicted octanol–water partition coefficient (Wildman–Crippen LogP) is 2.07. The van der Waals surface area contributed by atoms with Gasteiger partial charge in [0.25, 0.3) is 0 Å². The summed E-state index contributed by atoms with van der Waals surface area (Å²) in [6, 6.07) is 0. The normalized spacial score (nSPS) is 22.2. The molecule has 1 aliphatic carbocycles. The Morgan fingerprint density at radius 2 is 2.08 bits per heavy atom. The van der Waals surface area contributed by atoms with Gasteiger partial charge in [0, 0.05) is 25.9 Å². The third-order valence-corrected chi connectivity index (χ3v) is 5.31. The highest BCUT2D eigenvalue weighted by Crippen LogP contribution is 2.27. The highest BCUT2D eigenvalue weighted by Gasteiger charge is 2.31. The van der Waals surface area contributed by atoms with Crippen molar-refractivity contribution in [3.63, 3.8) is 0 Å². The van der Waals surface area contributed by atoms with Crippen LogP contribution in [0, 0.1) is 11.8 Å². The van der Waals surface area contributed by atoms with Crippen LogP contribution in [0.3, 0.4) is 0 Å². The van der Waals surface area contributed by atoms with Crippen LogP contribution >= 0.6 is 0 Å². The van der Waals surface area contributed by atoms with Crippen LogP contribution in [0.4, 0.5) is 0 Å². The minimum atomic E-state index is -0.140. The average molecular weight is 348 g/mol. The summed E-state index contributed by atoms with van der Waals surface area (Å²) in [6.45, 7) is 3.56. The molecule has 1 aliphatic heterocycles. The van der Waals surface area contributed by atoms with E-state index in [2.05, 4.69) is 15.5 Å². The molecule has 3 rings (SSSR count). The highest BCUT2D eigenvalue weighted by atomic mass is 16.5. The Kier molecular flexibility index (Phi) is 6.04. The summed E-state index contributed by atoms with van der Waals surface area (Å²) in [7, 11) is 0. The van der Waals surface area contributed by atoms with Crippen molar-refractivity contribution in [3.8, 4) is 0 Å². The fraction of sp³-hybridized carbons (Fsp3) is 0.778. The number of nitrogens with one attached hydrogen (secondary N) is 1. The number of hydrogen-bond acceptors (Lipinski definition) is 5. The number of carbonyl (C=O) groups excluding carboxylic acids is 2. The molecule has 138 valence electrons. The first kappa shape index (κ1) is 17.9. The maximum atomic E-state index is 12.5. The van der Waals surface area contributed by atoms with E-state index >= 15 is 0 Å². The number of carbonyl (C=O) groups is 2. The third kappa shape index (κ3) is 4.80. The van der Waals surface area contributed by atoms with Gasteiger partial charge in [-0.15, -0.1) is 0 Å². The van der Waals surface area contributed by atoms with Gasteiger partial charge in [0.1, 0.15) is 0 Å². The third-order valence-electron chi connectivity index (χ3n) is 5.31. The summed E-state index contributed by atoms with van der Waals surface area (Å²) in [4.78, 5) is 30.8. The van der Waals surface area contributed by atoms with Gasteiger partial charge >= 0.3 is 0 Å². The van der Waals surface area contributed by atoms with Crippen LogP contribution < -0.4 is 5.32 Å². The molecule has 0 aromatic carbocycles. The molecule has 1 aromatic heterocycles. The van der Waals surface area contributed by atoms with Crippen LogP contribution in [0.5, 0.6) is 0 Å². The first-order valence-electron chi connectivity index (χ1n) is 9.52. The van der Waals surface area contributed by atoms with Crippen molar-refractivity contribution >= 4 is 11.8 Å². The molecule has 0 spiro atoms. The quantitative estimate of drug-likeness (QED) is 0.850. The standard InChI is InChI=1S/C18H28N4O3/c1-2-16-20-15(21-25-16)10-19-18(24)14-8-9-17(23)22(12-14)11-13-6-4-3-5-7-13/h13-14H,2-12H2,1H3,(H,19,24)/t14-/m0/s1. The zero-order valence-corrected chi connectivity index (χ0v) is 15.0. The van der Waals surface area contributed by atoms with E-state index in [1.165, 1.54) is 32.1 Å². The van der Waals surface area contributed by atoms with Crippen LogP contribution in [-0.4, -0.2) is 39.9 Å². The Labute approximate surface area is 148 Å². The minimum Gasteiger partial charge on any atom is -0.348 e. The summed E-state index contributed by atoms with van der Waals surface area (Å²) in [6.07, 6.45) is 8.02. The van der Waals surface area contributed by atoms with Crippen molar-refractivity contribution in [2.45, 2.75) is 64.8 Å². The number of aryl methyl sites for hydroxylation is 1. The Hall–Kier alpha value is -1.92. The maximum Gasteiger partial charge on any atom is 0.226 e. The Bertz CT molecular complexity index is 595. The summed E-state index contributed by atoms with van der Waals surface area (Å²) in [5, 5.41) is 6.73. The van der Waals surface area contributed by atoms with E-state index in [1.54, 1.807) is 0 Å². The second-order valence-electron chi connectivity index (χ2n) is 7.21. The average Bonchev–Trinajstić information content (AvgIpc) is 3.10. The molecule has 1 saturated heterocycles. The molecular weight excluding hydrogens is 320 g/mol. The van der Waals surface area contributed by atoms with Crippen LogP contribution in [0.15, 0.2) is 4.52 Å². The maximum absolute atomic E-state index is 12.5. The van der Waals surface area contributed by atoms with Crippen molar-refractivity contribution in [1.29, 1.82) is 0 Å². The van der Waals surface area contributed by atoms with Crippen molar-refractivity contribution < 1.29 is 14.1 Å². The van der Waals surface area contributed by atoms with Crippen LogP contribution in [0.2, 0.25) is 0 Å². The topological polar surface area (TPSA) is 88.3 Å². The molecule has 2 aliphatic rings. The first-order chi connectivity index (χ1) is 12.2. The SMILES string of the molecule is CCc1nc(CNC(=O)[C@H]2CCC(=O)N(CC3CCCCC3)C2)no1. The summed E-state index contributed by atoms with van der Waals surface area (Å²) in [5.41, 5.74) is 0. The Balaban J connectivity index is 1.49. The van der Waals surface area contributed by atoms with Gasteiger partial charge in [-0.3, -0.25) is 9.59 Å². The summed E-state index contributed by atoms with van der Waals surface area (Å²) < 4.78 is 5.04. The number of hydrogen-bond donors (Lipinski definition) is 1. The number of aromatic nitrogens is 2. The van der Waals surface area contributed by atoms with Crippen LogP contribution in [0.1, 0.15) is 63.6 Å². The summed E-state index contributed by atoms with van der Waals surface area (Å²) >= 11 is 0. The van der Waals surface area contributed by atoms with E-state index in [4.69, 9.17) is 4.52 Å². The number of piperidine rings is 1. The molecule has 0 bridgehead atoms. The van der Waals surface area contributed by atoms with E-state index in [0.717, 1.165) is 6.54 Å². The zero-order valence-electron chi connectivity index (χ0n) is 15.0. The predicted molar refractivity (Wildman–Crippen MR) is 91.4 cm³/mol. The number of amides is 2. The molecule has 1 saturated carbocycles. The smallest absolute Gasteiger partial charge is 0.226 e. The van der Waals surface area contributed by atoms with Crippen LogP contribution in [-0.2, 0) is 22.6 Å². The van der Waals surface area contributed by atoms with E-state index in [1.807, 2.05) is 11.8 Å². The fourth-order valence-electron chi connectivity index (χ4n) is 3.80. The minimum absolute atomic E-state index is 0.0241. The molecule has 0 unspecified atom stereocenters. The molecule has 25 heavy (non-hydrogen) atoms. The van der Waals surface area contributed by atoms with E-state index in [9.17, 15) is 9.59 Å². The van der Waals surface area contributed by atoms with Crippen LogP contribution in [0.25, 0.3) is 0 Å². The van der Waals surface area contributed by atoms with Gasteiger partial charge in [0.15, 0.2) is 5.82 Å². The molecule has 1 N–H and O–H groups in total. The van der Waals surface area contributed by atoms with Crippen molar-refractivity contribution in [3.05, 3.63) is 11.7 Å². The molecule has 7 nitrogen and oxygen atoms in total. The molecule has 1 aromatic rings. The largest absolute Gasteiger partial charge is 0.348 e. The first-order valence-corrected chi connectivity index (χ1v) is 9.52. The summed E-state index contributed by atoms with van der Waals surface area (Å²) in [5.74, 6) is 1.71. The lowest BCUT2D eigenvalue weighted by Gasteiger charge is -2.35. The van der Waals surface area contributed by atoms with Gasteiger partial charge < -0.3 is 14.7 Å². The second kappa shape index (κ2) is 8.45. The van der Waals surface area contributed by atoms with E-state index in [0.29, 0.717) is 43.4 Å². The highest BCUT2D eigenvalue weighted by molar-refractivity contribution is 5.83. The number of likely N-dealkylation sites (tertiary alicyclic amines) is 1. The number of nitrogens with zero attached hydrogens (tertiary/aromatic N) is 3. The molecule has 2 fully saturated rings.